The molecule has 0 aliphatic rings. The number of anilines is 3. The number of hydrogen-bond donors (Lipinski definition) is 0. The molecule has 0 atom stereocenters. The Morgan fingerprint density at radius 3 is 1.29 bits per heavy atom. The second-order valence-corrected chi connectivity index (χ2v) is 16.8. The minimum Gasteiger partial charge on any atom is -0.455 e. The first-order chi connectivity index (χ1) is 32.7. The van der Waals surface area contributed by atoms with Crippen LogP contribution in [0.1, 0.15) is 0 Å². The number of fused-ring (bicyclic) bond motifs is 4. The zero-order valence-corrected chi connectivity index (χ0v) is 36.2. The van der Waals surface area contributed by atoms with Gasteiger partial charge in [-0.1, -0.05) is 218 Å². The fraction of sp³-hybridized carbons (Fsp3) is 0. The summed E-state index contributed by atoms with van der Waals surface area (Å²) in [4.78, 5) is 2.38. The lowest BCUT2D eigenvalue weighted by atomic mass is 9.93. The molecule has 12 aromatic rings. The standard InChI is InChI=1S/C64H43NO/c1-3-14-44(15-4-1)45-26-30-50(31-27-45)56-21-9-10-22-57(56)52-36-40-54(41-37-52)65(61-43-42-59(49-16-5-2-6-17-49)64-63(61)60-23-11-12-25-62(60)66-64)53-38-34-47(35-39-53)46-28-32-51(33-29-46)58-24-13-19-48-18-7-8-20-55(48)58/h1-43H. The van der Waals surface area contributed by atoms with Crippen LogP contribution in [0.5, 0.6) is 0 Å². The van der Waals surface area contributed by atoms with Crippen molar-refractivity contribution in [1.82, 2.24) is 0 Å². The SMILES string of the molecule is c1ccc(-c2ccc(-c3ccccc3-c3ccc(N(c4ccc(-c5ccc(-c6cccc7ccccc67)cc5)cc4)c4ccc(-c5ccccc5)c5oc6ccccc6c45)cc3)cc2)cc1. The molecular formula is C64H43NO. The summed E-state index contributed by atoms with van der Waals surface area (Å²) in [5.74, 6) is 0. The van der Waals surface area contributed by atoms with Crippen LogP contribution in [0.2, 0.25) is 0 Å². The predicted molar refractivity (Wildman–Crippen MR) is 279 cm³/mol. The van der Waals surface area contributed by atoms with E-state index < -0.39 is 0 Å². The summed E-state index contributed by atoms with van der Waals surface area (Å²) in [6.45, 7) is 0. The molecule has 0 unspecified atom stereocenters. The van der Waals surface area contributed by atoms with Crippen LogP contribution in [-0.2, 0) is 0 Å². The van der Waals surface area contributed by atoms with Gasteiger partial charge in [0.25, 0.3) is 0 Å². The Bertz CT molecular complexity index is 3640. The maximum absolute atomic E-state index is 6.78. The van der Waals surface area contributed by atoms with E-state index in [-0.39, 0.29) is 0 Å². The molecule has 0 amide bonds. The Balaban J connectivity index is 0.952. The lowest BCUT2D eigenvalue weighted by Gasteiger charge is -2.27. The summed E-state index contributed by atoms with van der Waals surface area (Å²) in [5.41, 5.74) is 19.0. The first-order valence-electron chi connectivity index (χ1n) is 22.6. The first-order valence-corrected chi connectivity index (χ1v) is 22.6. The van der Waals surface area contributed by atoms with Gasteiger partial charge in [0.15, 0.2) is 0 Å². The van der Waals surface area contributed by atoms with Crippen LogP contribution < -0.4 is 4.90 Å². The van der Waals surface area contributed by atoms with Gasteiger partial charge in [-0.05, 0) is 114 Å². The number of hydrogen-bond acceptors (Lipinski definition) is 2. The molecule has 66 heavy (non-hydrogen) atoms. The molecule has 11 aromatic carbocycles. The van der Waals surface area contributed by atoms with Crippen molar-refractivity contribution in [2.45, 2.75) is 0 Å². The third kappa shape index (κ3) is 7.12. The monoisotopic (exact) mass is 841 g/mol. The Morgan fingerprint density at radius 2 is 0.667 bits per heavy atom. The van der Waals surface area contributed by atoms with Gasteiger partial charge in [0.05, 0.1) is 11.1 Å². The molecular weight excluding hydrogens is 799 g/mol. The van der Waals surface area contributed by atoms with E-state index in [1.165, 1.54) is 55.3 Å². The van der Waals surface area contributed by atoms with Crippen LogP contribution in [0, 0.1) is 0 Å². The Labute approximate surface area is 384 Å². The zero-order chi connectivity index (χ0) is 43.8. The van der Waals surface area contributed by atoms with Gasteiger partial charge in [-0.15, -0.1) is 0 Å². The smallest absolute Gasteiger partial charge is 0.145 e. The van der Waals surface area contributed by atoms with Gasteiger partial charge in [0.2, 0.25) is 0 Å². The Morgan fingerprint density at radius 1 is 0.258 bits per heavy atom. The molecule has 1 aromatic heterocycles. The van der Waals surface area contributed by atoms with E-state index in [2.05, 4.69) is 260 Å². The molecule has 0 saturated carbocycles. The van der Waals surface area contributed by atoms with Crippen LogP contribution in [0.15, 0.2) is 265 Å². The van der Waals surface area contributed by atoms with Crippen molar-refractivity contribution in [2.24, 2.45) is 0 Å². The molecule has 12 rings (SSSR count). The summed E-state index contributed by atoms with van der Waals surface area (Å²) in [5, 5.41) is 4.67. The largest absolute Gasteiger partial charge is 0.455 e. The predicted octanol–water partition coefficient (Wildman–Crippen LogP) is 18.2. The molecule has 0 bridgehead atoms. The molecule has 0 aliphatic carbocycles. The average Bonchev–Trinajstić information content (AvgIpc) is 3.80. The summed E-state index contributed by atoms with van der Waals surface area (Å²) in [6, 6.07) is 93.7. The van der Waals surface area contributed by atoms with Crippen molar-refractivity contribution in [3.05, 3.63) is 261 Å². The fourth-order valence-corrected chi connectivity index (χ4v) is 9.64. The number of rotatable bonds is 9. The van der Waals surface area contributed by atoms with Gasteiger partial charge in [-0.25, -0.2) is 0 Å². The number of nitrogens with zero attached hydrogens (tertiary/aromatic N) is 1. The normalized spacial score (nSPS) is 11.3. The van der Waals surface area contributed by atoms with Crippen molar-refractivity contribution in [2.75, 3.05) is 4.90 Å². The first kappa shape index (κ1) is 38.9. The van der Waals surface area contributed by atoms with Crippen molar-refractivity contribution < 1.29 is 4.42 Å². The molecule has 0 saturated heterocycles. The third-order valence-electron chi connectivity index (χ3n) is 12.9. The minimum absolute atomic E-state index is 0.864. The highest BCUT2D eigenvalue weighted by Crippen LogP contribution is 2.47. The average molecular weight is 842 g/mol. The summed E-state index contributed by atoms with van der Waals surface area (Å²) in [7, 11) is 0. The zero-order valence-electron chi connectivity index (χ0n) is 36.2. The van der Waals surface area contributed by atoms with Crippen LogP contribution in [0.3, 0.4) is 0 Å². The lowest BCUT2D eigenvalue weighted by molar-refractivity contribution is 0.670. The fourth-order valence-electron chi connectivity index (χ4n) is 9.64. The maximum atomic E-state index is 6.78. The summed E-state index contributed by atoms with van der Waals surface area (Å²) < 4.78 is 6.78. The highest BCUT2D eigenvalue weighted by Gasteiger charge is 2.22. The Kier molecular flexibility index (Phi) is 9.89. The minimum atomic E-state index is 0.864. The highest BCUT2D eigenvalue weighted by molar-refractivity contribution is 6.17. The second-order valence-electron chi connectivity index (χ2n) is 16.8. The molecule has 0 spiro atoms. The number of benzene rings is 11. The van der Waals surface area contributed by atoms with Gasteiger partial charge < -0.3 is 9.32 Å². The highest BCUT2D eigenvalue weighted by atomic mass is 16.3. The second kappa shape index (κ2) is 16.8. The quantitative estimate of drug-likeness (QED) is 0.144. The van der Waals surface area contributed by atoms with Crippen LogP contribution in [0.4, 0.5) is 17.1 Å². The molecule has 0 radical (unpaired) electrons. The lowest BCUT2D eigenvalue weighted by Crippen LogP contribution is -2.10. The van der Waals surface area contributed by atoms with Crippen molar-refractivity contribution in [3.8, 4) is 66.8 Å². The van der Waals surface area contributed by atoms with E-state index in [9.17, 15) is 0 Å². The van der Waals surface area contributed by atoms with E-state index in [1.54, 1.807) is 0 Å². The topological polar surface area (TPSA) is 16.4 Å². The molecule has 0 fully saturated rings. The van der Waals surface area contributed by atoms with Gasteiger partial charge >= 0.3 is 0 Å². The molecule has 2 heteroatoms. The molecule has 2 nitrogen and oxygen atoms in total. The molecule has 0 aliphatic heterocycles. The summed E-state index contributed by atoms with van der Waals surface area (Å²) >= 11 is 0. The van der Waals surface area contributed by atoms with E-state index in [0.29, 0.717) is 0 Å². The van der Waals surface area contributed by atoms with Crippen LogP contribution >= 0.6 is 0 Å². The third-order valence-corrected chi connectivity index (χ3v) is 12.9. The van der Waals surface area contributed by atoms with Crippen molar-refractivity contribution >= 4 is 49.8 Å². The van der Waals surface area contributed by atoms with E-state index in [0.717, 1.165) is 61.3 Å². The number of furan rings is 1. The van der Waals surface area contributed by atoms with E-state index in [4.69, 9.17) is 4.42 Å². The Hall–Kier alpha value is -8.72. The summed E-state index contributed by atoms with van der Waals surface area (Å²) in [6.07, 6.45) is 0. The molecule has 0 N–H and O–H groups in total. The van der Waals surface area contributed by atoms with Gasteiger partial charge in [0, 0.05) is 22.3 Å². The van der Waals surface area contributed by atoms with Gasteiger partial charge in [0.1, 0.15) is 11.2 Å². The van der Waals surface area contributed by atoms with Crippen molar-refractivity contribution in [3.63, 3.8) is 0 Å². The number of para-hydroxylation sites is 1. The van der Waals surface area contributed by atoms with E-state index in [1.807, 2.05) is 6.07 Å². The molecule has 310 valence electrons. The van der Waals surface area contributed by atoms with E-state index >= 15 is 0 Å². The van der Waals surface area contributed by atoms with Crippen LogP contribution in [-0.4, -0.2) is 0 Å². The van der Waals surface area contributed by atoms with Crippen LogP contribution in [0.25, 0.3) is 99.5 Å². The van der Waals surface area contributed by atoms with Gasteiger partial charge in [-0.3, -0.25) is 0 Å². The van der Waals surface area contributed by atoms with Gasteiger partial charge in [-0.2, -0.15) is 0 Å². The molecule has 1 heterocycles. The van der Waals surface area contributed by atoms with Crippen molar-refractivity contribution in [1.29, 1.82) is 0 Å². The maximum Gasteiger partial charge on any atom is 0.145 e.